The number of fused-ring (bicyclic) bond motifs is 3. The van der Waals surface area contributed by atoms with Crippen LogP contribution in [0.25, 0.3) is 21.8 Å². The van der Waals surface area contributed by atoms with E-state index in [2.05, 4.69) is 84.6 Å². The molecule has 0 spiro atoms. The molecule has 4 aromatic rings. The molecule has 4 rings (SSSR count). The molecule has 0 fully saturated rings. The molecule has 3 nitrogen and oxygen atoms in total. The number of pyridine rings is 2. The standard InChI is InChI=1S/C23H23N3/c1-26(2)15-13-21-19-10-6-7-11-20(19)22-18(12-14-24-23(22)25-21)16-17-8-4-3-5-9-17/h3-12,14H,13,15-16H2,1-2H3. The Kier molecular flexibility index (Phi) is 4.63. The Labute approximate surface area is 154 Å². The number of benzene rings is 2. The van der Waals surface area contributed by atoms with E-state index in [1.54, 1.807) is 0 Å². The van der Waals surface area contributed by atoms with Crippen molar-refractivity contribution in [1.82, 2.24) is 14.9 Å². The van der Waals surface area contributed by atoms with Crippen LogP contribution in [0.5, 0.6) is 0 Å². The van der Waals surface area contributed by atoms with Crippen molar-refractivity contribution >= 4 is 21.8 Å². The minimum Gasteiger partial charge on any atom is -0.309 e. The molecule has 0 aliphatic carbocycles. The Bertz CT molecular complexity index is 1040. The smallest absolute Gasteiger partial charge is 0.160 e. The zero-order valence-corrected chi connectivity index (χ0v) is 15.3. The second kappa shape index (κ2) is 7.22. The van der Waals surface area contributed by atoms with Gasteiger partial charge in [-0.2, -0.15) is 0 Å². The fraction of sp³-hybridized carbons (Fsp3) is 0.217. The molecule has 130 valence electrons. The molecule has 0 radical (unpaired) electrons. The lowest BCUT2D eigenvalue weighted by Crippen LogP contribution is -2.16. The monoisotopic (exact) mass is 341 g/mol. The van der Waals surface area contributed by atoms with E-state index in [9.17, 15) is 0 Å². The van der Waals surface area contributed by atoms with E-state index in [1.165, 1.54) is 27.3 Å². The first-order chi connectivity index (χ1) is 12.7. The van der Waals surface area contributed by atoms with Crippen LogP contribution < -0.4 is 0 Å². The highest BCUT2D eigenvalue weighted by Gasteiger charge is 2.12. The maximum absolute atomic E-state index is 4.94. The second-order valence-corrected chi connectivity index (χ2v) is 6.99. The summed E-state index contributed by atoms with van der Waals surface area (Å²) in [6, 6.07) is 21.3. The van der Waals surface area contributed by atoms with Crippen molar-refractivity contribution in [3.63, 3.8) is 0 Å². The zero-order valence-electron chi connectivity index (χ0n) is 15.3. The van der Waals surface area contributed by atoms with Crippen LogP contribution in [0.15, 0.2) is 66.9 Å². The molecule has 26 heavy (non-hydrogen) atoms. The van der Waals surface area contributed by atoms with Crippen LogP contribution in [-0.4, -0.2) is 35.5 Å². The largest absolute Gasteiger partial charge is 0.309 e. The SMILES string of the molecule is CN(C)CCc1nc2nccc(Cc3ccccc3)c2c2ccccc12. The third kappa shape index (κ3) is 3.31. The van der Waals surface area contributed by atoms with Crippen LogP contribution in [0.3, 0.4) is 0 Å². The lowest BCUT2D eigenvalue weighted by Gasteiger charge is -2.14. The van der Waals surface area contributed by atoms with Crippen molar-refractivity contribution in [3.8, 4) is 0 Å². The molecule has 0 amide bonds. The van der Waals surface area contributed by atoms with E-state index in [0.29, 0.717) is 0 Å². The summed E-state index contributed by atoms with van der Waals surface area (Å²) >= 11 is 0. The summed E-state index contributed by atoms with van der Waals surface area (Å²) in [6.07, 6.45) is 3.70. The highest BCUT2D eigenvalue weighted by atomic mass is 15.0. The number of likely N-dealkylation sites (N-methyl/N-ethyl adjacent to an activating group) is 1. The minimum atomic E-state index is 0.853. The quantitative estimate of drug-likeness (QED) is 0.501. The van der Waals surface area contributed by atoms with Crippen LogP contribution in [0.4, 0.5) is 0 Å². The summed E-state index contributed by atoms with van der Waals surface area (Å²) < 4.78 is 0. The fourth-order valence-corrected chi connectivity index (χ4v) is 3.49. The van der Waals surface area contributed by atoms with Crippen LogP contribution in [0.1, 0.15) is 16.8 Å². The molecule has 0 unspecified atom stereocenters. The van der Waals surface area contributed by atoms with Gasteiger partial charge in [-0.25, -0.2) is 9.97 Å². The Balaban J connectivity index is 1.89. The topological polar surface area (TPSA) is 29.0 Å². The summed E-state index contributed by atoms with van der Waals surface area (Å²) in [7, 11) is 4.19. The van der Waals surface area contributed by atoms with Gasteiger partial charge < -0.3 is 4.90 Å². The number of rotatable bonds is 5. The van der Waals surface area contributed by atoms with E-state index in [4.69, 9.17) is 4.98 Å². The third-order valence-corrected chi connectivity index (χ3v) is 4.80. The van der Waals surface area contributed by atoms with Crippen molar-refractivity contribution < 1.29 is 0 Å². The minimum absolute atomic E-state index is 0.853. The van der Waals surface area contributed by atoms with Gasteiger partial charge in [-0.1, -0.05) is 54.6 Å². The Hall–Kier alpha value is -2.78. The van der Waals surface area contributed by atoms with Crippen molar-refractivity contribution in [2.24, 2.45) is 0 Å². The molecule has 0 saturated heterocycles. The van der Waals surface area contributed by atoms with Gasteiger partial charge in [0.2, 0.25) is 0 Å². The van der Waals surface area contributed by atoms with Gasteiger partial charge in [0.1, 0.15) is 0 Å². The number of aromatic nitrogens is 2. The summed E-state index contributed by atoms with van der Waals surface area (Å²) in [5.74, 6) is 0. The van der Waals surface area contributed by atoms with Crippen LogP contribution in [0.2, 0.25) is 0 Å². The molecule has 0 aliphatic heterocycles. The maximum Gasteiger partial charge on any atom is 0.160 e. The van der Waals surface area contributed by atoms with E-state index >= 15 is 0 Å². The molecule has 3 heteroatoms. The predicted octanol–water partition coefficient (Wildman–Crippen LogP) is 4.48. The van der Waals surface area contributed by atoms with E-state index in [-0.39, 0.29) is 0 Å². The first-order valence-electron chi connectivity index (χ1n) is 9.06. The predicted molar refractivity (Wildman–Crippen MR) is 109 cm³/mol. The second-order valence-electron chi connectivity index (χ2n) is 6.99. The van der Waals surface area contributed by atoms with Gasteiger partial charge in [0.25, 0.3) is 0 Å². The highest BCUT2D eigenvalue weighted by Crippen LogP contribution is 2.29. The molecule has 0 saturated carbocycles. The molecular formula is C23H23N3. The highest BCUT2D eigenvalue weighted by molar-refractivity contribution is 6.07. The molecule has 0 aliphatic rings. The molecule has 0 N–H and O–H groups in total. The molecule has 0 atom stereocenters. The van der Waals surface area contributed by atoms with Gasteiger partial charge in [0.15, 0.2) is 5.65 Å². The molecule has 0 bridgehead atoms. The number of nitrogens with zero attached hydrogens (tertiary/aromatic N) is 3. The summed E-state index contributed by atoms with van der Waals surface area (Å²) in [5, 5.41) is 3.68. The van der Waals surface area contributed by atoms with E-state index in [0.717, 1.165) is 30.7 Å². The zero-order chi connectivity index (χ0) is 17.9. The first-order valence-corrected chi connectivity index (χ1v) is 9.06. The van der Waals surface area contributed by atoms with Crippen molar-refractivity contribution in [2.75, 3.05) is 20.6 Å². The Morgan fingerprint density at radius 1 is 0.846 bits per heavy atom. The van der Waals surface area contributed by atoms with Crippen LogP contribution >= 0.6 is 0 Å². The first kappa shape index (κ1) is 16.7. The van der Waals surface area contributed by atoms with Crippen LogP contribution in [-0.2, 0) is 12.8 Å². The maximum atomic E-state index is 4.94. The van der Waals surface area contributed by atoms with Crippen molar-refractivity contribution in [1.29, 1.82) is 0 Å². The lowest BCUT2D eigenvalue weighted by atomic mass is 9.97. The van der Waals surface area contributed by atoms with Gasteiger partial charge in [-0.15, -0.1) is 0 Å². The average Bonchev–Trinajstić information content (AvgIpc) is 2.67. The van der Waals surface area contributed by atoms with Gasteiger partial charge >= 0.3 is 0 Å². The molecular weight excluding hydrogens is 318 g/mol. The molecule has 2 aromatic carbocycles. The summed E-state index contributed by atoms with van der Waals surface area (Å²) in [5.41, 5.74) is 4.57. The lowest BCUT2D eigenvalue weighted by molar-refractivity contribution is 0.412. The third-order valence-electron chi connectivity index (χ3n) is 4.80. The van der Waals surface area contributed by atoms with Gasteiger partial charge in [-0.05, 0) is 43.1 Å². The van der Waals surface area contributed by atoms with E-state index < -0.39 is 0 Å². The van der Waals surface area contributed by atoms with Gasteiger partial charge in [-0.3, -0.25) is 0 Å². The molecule has 2 heterocycles. The Morgan fingerprint density at radius 2 is 1.58 bits per heavy atom. The normalized spacial score (nSPS) is 11.5. The van der Waals surface area contributed by atoms with Crippen molar-refractivity contribution in [2.45, 2.75) is 12.8 Å². The van der Waals surface area contributed by atoms with Gasteiger partial charge in [0.05, 0.1) is 5.69 Å². The molecule has 2 aromatic heterocycles. The van der Waals surface area contributed by atoms with Crippen LogP contribution in [0, 0.1) is 0 Å². The van der Waals surface area contributed by atoms with Crippen molar-refractivity contribution in [3.05, 3.63) is 83.7 Å². The van der Waals surface area contributed by atoms with E-state index in [1.807, 2.05) is 6.20 Å². The van der Waals surface area contributed by atoms with Gasteiger partial charge in [0, 0.05) is 29.9 Å². The Morgan fingerprint density at radius 3 is 2.35 bits per heavy atom. The fourth-order valence-electron chi connectivity index (χ4n) is 3.49. The number of hydrogen-bond acceptors (Lipinski definition) is 3. The summed E-state index contributed by atoms with van der Waals surface area (Å²) in [6.45, 7) is 0.978. The average molecular weight is 341 g/mol. The number of hydrogen-bond donors (Lipinski definition) is 0. The summed E-state index contributed by atoms with van der Waals surface area (Å²) in [4.78, 5) is 11.7.